The van der Waals surface area contributed by atoms with Gasteiger partial charge in [0.25, 0.3) is 0 Å². The lowest BCUT2D eigenvalue weighted by molar-refractivity contribution is -0.138. The number of carboxylic acids is 1. The summed E-state index contributed by atoms with van der Waals surface area (Å²) in [6.07, 6.45) is -3.23. The monoisotopic (exact) mass is 543 g/mol. The molecule has 0 aliphatic heterocycles. The molecule has 4 rings (SSSR count). The van der Waals surface area contributed by atoms with Crippen LogP contribution >= 0.6 is 11.6 Å². The third kappa shape index (κ3) is 7.17. The highest BCUT2D eigenvalue weighted by Crippen LogP contribution is 2.36. The predicted molar refractivity (Wildman–Crippen MR) is 142 cm³/mol. The number of fused-ring (bicyclic) bond motifs is 1. The summed E-state index contributed by atoms with van der Waals surface area (Å²) in [7, 11) is 0. The van der Waals surface area contributed by atoms with Crippen LogP contribution in [0.5, 0.6) is 0 Å². The number of rotatable bonds is 11. The van der Waals surface area contributed by atoms with E-state index in [1.165, 1.54) is 6.07 Å². The molecule has 1 atom stereocenters. The molecule has 1 aromatic heterocycles. The Balaban J connectivity index is 1.48. The normalized spacial score (nSPS) is 12.8. The topological polar surface area (TPSA) is 53.7 Å². The van der Waals surface area contributed by atoms with Gasteiger partial charge in [0.05, 0.1) is 17.0 Å². The van der Waals surface area contributed by atoms with Crippen molar-refractivity contribution in [3.63, 3.8) is 0 Å². The highest BCUT2D eigenvalue weighted by molar-refractivity contribution is 6.32. The van der Waals surface area contributed by atoms with Gasteiger partial charge in [-0.2, -0.15) is 13.2 Å². The summed E-state index contributed by atoms with van der Waals surface area (Å²) in [6.45, 7) is 3.67. The van der Waals surface area contributed by atoms with E-state index in [4.69, 9.17) is 21.1 Å². The standard InChI is InChI=1S/C30H29ClF3NO3/c1-20(22-7-3-2-4-8-22)18-35(19-24-9-5-11-26(29(24)31)30(32,33)34)14-6-10-25-17-23-13-12-21(16-28(36)37)15-27(23)38-25/h2-5,7-9,11-13,15,17,20H,6,10,14,16,18-19H2,1H3,(H,36,37)/t20-/m1/s1. The molecule has 200 valence electrons. The van der Waals surface area contributed by atoms with E-state index < -0.39 is 17.7 Å². The summed E-state index contributed by atoms with van der Waals surface area (Å²) in [5.74, 6) is 0.0436. The molecule has 0 saturated carbocycles. The van der Waals surface area contributed by atoms with Crippen LogP contribution in [0.25, 0.3) is 11.0 Å². The minimum Gasteiger partial charge on any atom is -0.481 e. The Morgan fingerprint density at radius 3 is 2.53 bits per heavy atom. The van der Waals surface area contributed by atoms with Gasteiger partial charge in [-0.3, -0.25) is 9.69 Å². The second kappa shape index (κ2) is 12.0. The van der Waals surface area contributed by atoms with Crippen LogP contribution in [-0.4, -0.2) is 29.1 Å². The first-order chi connectivity index (χ1) is 18.1. The summed E-state index contributed by atoms with van der Waals surface area (Å²) in [5, 5.41) is 9.67. The average Bonchev–Trinajstić information content (AvgIpc) is 3.26. The van der Waals surface area contributed by atoms with Gasteiger partial charge in [0.1, 0.15) is 11.3 Å². The van der Waals surface area contributed by atoms with Gasteiger partial charge in [0.15, 0.2) is 0 Å². The molecule has 0 saturated heterocycles. The van der Waals surface area contributed by atoms with Crippen molar-refractivity contribution in [2.45, 2.75) is 44.8 Å². The molecular formula is C30H29ClF3NO3. The first kappa shape index (κ1) is 27.7. The fourth-order valence-electron chi connectivity index (χ4n) is 4.69. The van der Waals surface area contributed by atoms with E-state index in [2.05, 4.69) is 11.8 Å². The van der Waals surface area contributed by atoms with Gasteiger partial charge < -0.3 is 9.52 Å². The molecule has 8 heteroatoms. The molecule has 38 heavy (non-hydrogen) atoms. The number of nitrogens with zero attached hydrogens (tertiary/aromatic N) is 1. The van der Waals surface area contributed by atoms with Crippen molar-refractivity contribution >= 4 is 28.5 Å². The SMILES string of the molecule is C[C@H](CN(CCCc1cc2ccc(CC(=O)O)cc2o1)Cc1cccc(C(F)(F)F)c1Cl)c1ccccc1. The molecule has 4 aromatic rings. The van der Waals surface area contributed by atoms with Crippen molar-refractivity contribution < 1.29 is 27.5 Å². The molecule has 0 aliphatic carbocycles. The van der Waals surface area contributed by atoms with Gasteiger partial charge in [-0.15, -0.1) is 0 Å². The fourth-order valence-corrected chi connectivity index (χ4v) is 4.98. The summed E-state index contributed by atoms with van der Waals surface area (Å²) in [5.41, 5.74) is 2.09. The van der Waals surface area contributed by atoms with E-state index >= 15 is 0 Å². The molecule has 0 bridgehead atoms. The van der Waals surface area contributed by atoms with E-state index in [0.29, 0.717) is 42.8 Å². The minimum atomic E-state index is -4.51. The zero-order chi connectivity index (χ0) is 27.3. The quantitative estimate of drug-likeness (QED) is 0.208. The smallest absolute Gasteiger partial charge is 0.417 e. The van der Waals surface area contributed by atoms with Crippen LogP contribution in [-0.2, 0) is 30.4 Å². The van der Waals surface area contributed by atoms with Gasteiger partial charge in [-0.1, -0.05) is 73.1 Å². The highest BCUT2D eigenvalue weighted by atomic mass is 35.5. The van der Waals surface area contributed by atoms with Crippen molar-refractivity contribution in [2.24, 2.45) is 0 Å². The zero-order valence-corrected chi connectivity index (χ0v) is 21.7. The second-order valence-corrected chi connectivity index (χ2v) is 9.96. The molecule has 3 aromatic carbocycles. The van der Waals surface area contributed by atoms with Crippen molar-refractivity contribution in [2.75, 3.05) is 13.1 Å². The Morgan fingerprint density at radius 1 is 1.05 bits per heavy atom. The Bertz CT molecular complexity index is 1380. The number of carbonyl (C=O) groups is 1. The summed E-state index contributed by atoms with van der Waals surface area (Å²) < 4.78 is 46.2. The maximum Gasteiger partial charge on any atom is 0.417 e. The van der Waals surface area contributed by atoms with Crippen LogP contribution in [0.3, 0.4) is 0 Å². The fraction of sp³-hybridized carbons (Fsp3) is 0.300. The number of aryl methyl sites for hydroxylation is 1. The maximum absolute atomic E-state index is 13.4. The van der Waals surface area contributed by atoms with E-state index in [-0.39, 0.29) is 17.4 Å². The number of hydrogen-bond acceptors (Lipinski definition) is 3. The van der Waals surface area contributed by atoms with Gasteiger partial charge in [0.2, 0.25) is 0 Å². The van der Waals surface area contributed by atoms with Gasteiger partial charge in [0, 0.05) is 24.9 Å². The lowest BCUT2D eigenvalue weighted by Crippen LogP contribution is -2.29. The molecule has 0 amide bonds. The molecule has 0 unspecified atom stereocenters. The maximum atomic E-state index is 13.4. The van der Waals surface area contributed by atoms with Crippen LogP contribution < -0.4 is 0 Å². The number of benzene rings is 3. The molecule has 1 N–H and O–H groups in total. The van der Waals surface area contributed by atoms with E-state index in [1.54, 1.807) is 18.2 Å². The molecular weight excluding hydrogens is 515 g/mol. The molecule has 4 nitrogen and oxygen atoms in total. The van der Waals surface area contributed by atoms with Crippen molar-refractivity contribution in [3.05, 3.63) is 106 Å². The predicted octanol–water partition coefficient (Wildman–Crippen LogP) is 7.97. The Labute approximate surface area is 224 Å². The number of alkyl halides is 3. The van der Waals surface area contributed by atoms with Crippen LogP contribution in [0.4, 0.5) is 13.2 Å². The number of furan rings is 1. The molecule has 0 aliphatic rings. The van der Waals surface area contributed by atoms with Gasteiger partial charge in [-0.05, 0) is 53.8 Å². The van der Waals surface area contributed by atoms with E-state index in [0.717, 1.165) is 29.2 Å². The van der Waals surface area contributed by atoms with Crippen LogP contribution in [0.2, 0.25) is 5.02 Å². The summed E-state index contributed by atoms with van der Waals surface area (Å²) in [4.78, 5) is 13.1. The number of carboxylic acid groups (broad SMARTS) is 1. The lowest BCUT2D eigenvalue weighted by Gasteiger charge is -2.27. The number of aliphatic carboxylic acids is 1. The van der Waals surface area contributed by atoms with Crippen LogP contribution in [0.1, 0.15) is 47.3 Å². The third-order valence-corrected chi connectivity index (χ3v) is 7.01. The van der Waals surface area contributed by atoms with Crippen molar-refractivity contribution in [1.29, 1.82) is 0 Å². The second-order valence-electron chi connectivity index (χ2n) is 9.58. The third-order valence-electron chi connectivity index (χ3n) is 6.57. The van der Waals surface area contributed by atoms with Gasteiger partial charge >= 0.3 is 12.1 Å². The average molecular weight is 544 g/mol. The Morgan fingerprint density at radius 2 is 1.82 bits per heavy atom. The largest absolute Gasteiger partial charge is 0.481 e. The van der Waals surface area contributed by atoms with Crippen LogP contribution in [0, 0.1) is 0 Å². The molecule has 0 spiro atoms. The van der Waals surface area contributed by atoms with E-state index in [1.807, 2.05) is 42.5 Å². The molecule has 1 heterocycles. The van der Waals surface area contributed by atoms with Gasteiger partial charge in [-0.25, -0.2) is 0 Å². The Hall–Kier alpha value is -3.29. The number of hydrogen-bond donors (Lipinski definition) is 1. The van der Waals surface area contributed by atoms with Crippen molar-refractivity contribution in [3.8, 4) is 0 Å². The first-order valence-electron chi connectivity index (χ1n) is 12.4. The summed E-state index contributed by atoms with van der Waals surface area (Å²) >= 11 is 6.21. The van der Waals surface area contributed by atoms with Crippen molar-refractivity contribution in [1.82, 2.24) is 4.90 Å². The van der Waals surface area contributed by atoms with E-state index in [9.17, 15) is 18.0 Å². The molecule has 0 fully saturated rings. The highest BCUT2D eigenvalue weighted by Gasteiger charge is 2.34. The first-order valence-corrected chi connectivity index (χ1v) is 12.8. The zero-order valence-electron chi connectivity index (χ0n) is 21.0. The minimum absolute atomic E-state index is 0.0708. The number of halogens is 4. The molecule has 0 radical (unpaired) electrons. The Kier molecular flexibility index (Phi) is 8.80. The lowest BCUT2D eigenvalue weighted by atomic mass is 10.00. The van der Waals surface area contributed by atoms with Crippen LogP contribution in [0.15, 0.2) is 77.2 Å². The summed E-state index contributed by atoms with van der Waals surface area (Å²) in [6, 6.07) is 21.4.